The van der Waals surface area contributed by atoms with Gasteiger partial charge in [0.2, 0.25) is 0 Å². The summed E-state index contributed by atoms with van der Waals surface area (Å²) in [6, 6.07) is 12.7. The molecule has 0 radical (unpaired) electrons. The second kappa shape index (κ2) is 6.58. The highest BCUT2D eigenvalue weighted by atomic mass is 19.1. The monoisotopic (exact) mass is 356 g/mol. The van der Waals surface area contributed by atoms with Crippen LogP contribution in [-0.4, -0.2) is 18.8 Å². The van der Waals surface area contributed by atoms with E-state index in [9.17, 15) is 4.39 Å². The quantitative estimate of drug-likeness (QED) is 0.767. The molecule has 2 aromatic rings. The van der Waals surface area contributed by atoms with Crippen molar-refractivity contribution in [3.05, 3.63) is 59.4 Å². The summed E-state index contributed by atoms with van der Waals surface area (Å²) in [4.78, 5) is 0. The van der Waals surface area contributed by atoms with Crippen LogP contribution in [0.5, 0.6) is 11.5 Å². The Hall–Kier alpha value is -2.07. The summed E-state index contributed by atoms with van der Waals surface area (Å²) in [5, 5.41) is 0. The van der Waals surface area contributed by atoms with E-state index in [0.29, 0.717) is 5.92 Å². The highest BCUT2D eigenvalue weighted by Crippen LogP contribution is 2.51. The zero-order valence-corrected chi connectivity index (χ0v) is 15.5. The molecule has 0 aliphatic carbocycles. The largest absolute Gasteiger partial charge is 0.497 e. The second-order valence-electron chi connectivity index (χ2n) is 7.80. The van der Waals surface area contributed by atoms with E-state index in [0.717, 1.165) is 41.9 Å². The molecular weight excluding hydrogens is 331 g/mol. The molecule has 2 heterocycles. The molecule has 1 saturated heterocycles. The molecule has 2 aliphatic rings. The highest BCUT2D eigenvalue weighted by molar-refractivity contribution is 5.44. The first-order chi connectivity index (χ1) is 12.5. The van der Waals surface area contributed by atoms with Gasteiger partial charge >= 0.3 is 0 Å². The predicted octanol–water partition coefficient (Wildman–Crippen LogP) is 5.08. The number of hydrogen-bond donors (Lipinski definition) is 0. The first-order valence-corrected chi connectivity index (χ1v) is 9.23. The number of hydrogen-bond acceptors (Lipinski definition) is 3. The van der Waals surface area contributed by atoms with Crippen molar-refractivity contribution >= 4 is 0 Å². The fourth-order valence-corrected chi connectivity index (χ4v) is 4.25. The van der Waals surface area contributed by atoms with Crippen LogP contribution in [0, 0.1) is 11.7 Å². The molecule has 0 aromatic heterocycles. The summed E-state index contributed by atoms with van der Waals surface area (Å²) in [6.45, 7) is 4.27. The van der Waals surface area contributed by atoms with E-state index in [-0.39, 0.29) is 23.6 Å². The Labute approximate surface area is 154 Å². The summed E-state index contributed by atoms with van der Waals surface area (Å²) >= 11 is 0. The Bertz CT molecular complexity index is 784. The smallest absolute Gasteiger partial charge is 0.129 e. The molecule has 3 nitrogen and oxygen atoms in total. The molecule has 0 amide bonds. The van der Waals surface area contributed by atoms with Gasteiger partial charge < -0.3 is 14.2 Å². The molecule has 0 spiro atoms. The van der Waals surface area contributed by atoms with Gasteiger partial charge in [-0.1, -0.05) is 12.1 Å². The lowest BCUT2D eigenvalue weighted by molar-refractivity contribution is -0.149. The number of methoxy groups -OCH3 is 1. The van der Waals surface area contributed by atoms with Gasteiger partial charge in [-0.2, -0.15) is 0 Å². The third-order valence-electron chi connectivity index (χ3n) is 5.67. The van der Waals surface area contributed by atoms with Crippen molar-refractivity contribution in [1.82, 2.24) is 0 Å². The standard InChI is InChI=1S/C22H25FO3/c1-22(2)19-11-9-17(12-14-4-6-15(23)7-5-14)25-21(19)18-10-8-16(24-3)13-20(18)26-22/h4-8,10,13,17,19,21H,9,11-12H2,1-3H3/t17-,19+,21-/m1/s1. The van der Waals surface area contributed by atoms with Crippen LogP contribution in [0.4, 0.5) is 4.39 Å². The van der Waals surface area contributed by atoms with Crippen LogP contribution in [0.2, 0.25) is 0 Å². The normalized spacial score (nSPS) is 26.4. The first kappa shape index (κ1) is 17.3. The van der Waals surface area contributed by atoms with Gasteiger partial charge in [-0.25, -0.2) is 4.39 Å². The van der Waals surface area contributed by atoms with Crippen LogP contribution >= 0.6 is 0 Å². The number of benzene rings is 2. The van der Waals surface area contributed by atoms with E-state index in [1.807, 2.05) is 24.3 Å². The molecule has 0 bridgehead atoms. The van der Waals surface area contributed by atoms with E-state index in [4.69, 9.17) is 14.2 Å². The molecule has 2 aromatic carbocycles. The van der Waals surface area contributed by atoms with Gasteiger partial charge in [-0.05, 0) is 62.9 Å². The Balaban J connectivity index is 1.59. The van der Waals surface area contributed by atoms with Gasteiger partial charge in [0.25, 0.3) is 0 Å². The molecule has 26 heavy (non-hydrogen) atoms. The van der Waals surface area contributed by atoms with E-state index in [2.05, 4.69) is 19.9 Å². The van der Waals surface area contributed by atoms with Gasteiger partial charge in [-0.15, -0.1) is 0 Å². The van der Waals surface area contributed by atoms with Crippen LogP contribution in [-0.2, 0) is 11.2 Å². The third-order valence-corrected chi connectivity index (χ3v) is 5.67. The number of ether oxygens (including phenoxy) is 3. The highest BCUT2D eigenvalue weighted by Gasteiger charge is 2.47. The molecule has 3 atom stereocenters. The van der Waals surface area contributed by atoms with Gasteiger partial charge in [0, 0.05) is 17.5 Å². The maximum Gasteiger partial charge on any atom is 0.129 e. The van der Waals surface area contributed by atoms with E-state index in [1.165, 1.54) is 12.1 Å². The number of fused-ring (bicyclic) bond motifs is 3. The zero-order chi connectivity index (χ0) is 18.3. The fraction of sp³-hybridized carbons (Fsp3) is 0.455. The zero-order valence-electron chi connectivity index (χ0n) is 15.5. The van der Waals surface area contributed by atoms with Crippen molar-refractivity contribution in [2.24, 2.45) is 5.92 Å². The van der Waals surface area contributed by atoms with Crippen LogP contribution in [0.3, 0.4) is 0 Å². The van der Waals surface area contributed by atoms with Crippen molar-refractivity contribution in [1.29, 1.82) is 0 Å². The topological polar surface area (TPSA) is 27.7 Å². The molecule has 0 N–H and O–H groups in total. The lowest BCUT2D eigenvalue weighted by atomic mass is 9.75. The Kier molecular flexibility index (Phi) is 4.39. The molecule has 4 heteroatoms. The fourth-order valence-electron chi connectivity index (χ4n) is 4.25. The van der Waals surface area contributed by atoms with Crippen LogP contribution in [0.1, 0.15) is 43.9 Å². The minimum atomic E-state index is -0.287. The Morgan fingerprint density at radius 1 is 1.12 bits per heavy atom. The van der Waals surface area contributed by atoms with Crippen molar-refractivity contribution in [3.63, 3.8) is 0 Å². The lowest BCUT2D eigenvalue weighted by Crippen LogP contribution is -2.48. The lowest BCUT2D eigenvalue weighted by Gasteiger charge is -2.48. The van der Waals surface area contributed by atoms with Crippen molar-refractivity contribution in [2.75, 3.05) is 7.11 Å². The van der Waals surface area contributed by atoms with Crippen LogP contribution in [0.15, 0.2) is 42.5 Å². The van der Waals surface area contributed by atoms with Gasteiger partial charge in [0.1, 0.15) is 22.9 Å². The molecule has 4 rings (SSSR count). The molecule has 0 saturated carbocycles. The van der Waals surface area contributed by atoms with Gasteiger partial charge in [-0.3, -0.25) is 0 Å². The first-order valence-electron chi connectivity index (χ1n) is 9.23. The van der Waals surface area contributed by atoms with Crippen molar-refractivity contribution in [3.8, 4) is 11.5 Å². The second-order valence-corrected chi connectivity index (χ2v) is 7.80. The minimum absolute atomic E-state index is 0.0128. The van der Waals surface area contributed by atoms with Crippen LogP contribution < -0.4 is 9.47 Å². The van der Waals surface area contributed by atoms with Gasteiger partial charge in [0.15, 0.2) is 0 Å². The van der Waals surface area contributed by atoms with E-state index >= 15 is 0 Å². The minimum Gasteiger partial charge on any atom is -0.497 e. The molecule has 138 valence electrons. The van der Waals surface area contributed by atoms with Crippen molar-refractivity contribution < 1.29 is 18.6 Å². The molecule has 2 aliphatic heterocycles. The summed E-state index contributed by atoms with van der Waals surface area (Å²) in [7, 11) is 1.66. The molecule has 0 unspecified atom stereocenters. The van der Waals surface area contributed by atoms with E-state index < -0.39 is 0 Å². The summed E-state index contributed by atoms with van der Waals surface area (Å²) in [6.07, 6.45) is 2.98. The SMILES string of the molecule is COc1ccc2c(c1)OC(C)(C)[C@H]1CC[C@H](Cc3ccc(F)cc3)O[C@H]21. The molecular formula is C22H25FO3. The third kappa shape index (κ3) is 3.18. The Morgan fingerprint density at radius 3 is 2.62 bits per heavy atom. The summed E-state index contributed by atoms with van der Waals surface area (Å²) in [5.74, 6) is 1.75. The van der Waals surface area contributed by atoms with Gasteiger partial charge in [0.05, 0.1) is 19.3 Å². The summed E-state index contributed by atoms with van der Waals surface area (Å²) in [5.41, 5.74) is 1.92. The number of halogens is 1. The predicted molar refractivity (Wildman–Crippen MR) is 98.1 cm³/mol. The Morgan fingerprint density at radius 2 is 1.88 bits per heavy atom. The average Bonchev–Trinajstić information content (AvgIpc) is 2.62. The maximum absolute atomic E-state index is 13.1. The maximum atomic E-state index is 13.1. The number of rotatable bonds is 3. The van der Waals surface area contributed by atoms with E-state index in [1.54, 1.807) is 7.11 Å². The van der Waals surface area contributed by atoms with Crippen LogP contribution in [0.25, 0.3) is 0 Å². The van der Waals surface area contributed by atoms with Crippen molar-refractivity contribution in [2.45, 2.75) is 50.9 Å². The average molecular weight is 356 g/mol. The summed E-state index contributed by atoms with van der Waals surface area (Å²) < 4.78 is 31.3. The molecule has 1 fully saturated rings.